The lowest BCUT2D eigenvalue weighted by Crippen LogP contribution is -2.32. The van der Waals surface area contributed by atoms with Crippen LogP contribution in [0.3, 0.4) is 0 Å². The van der Waals surface area contributed by atoms with E-state index in [9.17, 15) is 4.79 Å². The fraction of sp³-hybridized carbons (Fsp3) is 0.312. The van der Waals surface area contributed by atoms with Crippen molar-refractivity contribution in [1.29, 1.82) is 0 Å². The minimum atomic E-state index is 0.0399. The Bertz CT molecular complexity index is 636. The molecule has 0 saturated heterocycles. The van der Waals surface area contributed by atoms with Gasteiger partial charge < -0.3 is 15.4 Å². The first kappa shape index (κ1) is 13.9. The van der Waals surface area contributed by atoms with Crippen molar-refractivity contribution in [3.63, 3.8) is 0 Å². The van der Waals surface area contributed by atoms with E-state index in [0.29, 0.717) is 29.6 Å². The van der Waals surface area contributed by atoms with Gasteiger partial charge in [0.2, 0.25) is 0 Å². The fourth-order valence-electron chi connectivity index (χ4n) is 2.37. The van der Waals surface area contributed by atoms with Gasteiger partial charge in [-0.25, -0.2) is 0 Å². The van der Waals surface area contributed by atoms with E-state index in [4.69, 9.17) is 10.5 Å². The number of nitrogens with two attached hydrogens (primary N) is 1. The summed E-state index contributed by atoms with van der Waals surface area (Å²) in [6.45, 7) is 0.666. The number of nitrogens with zero attached hydrogens (tertiary/aromatic N) is 1. The van der Waals surface area contributed by atoms with Crippen LogP contribution in [-0.2, 0) is 6.54 Å². The summed E-state index contributed by atoms with van der Waals surface area (Å²) < 4.78 is 5.14. The maximum atomic E-state index is 12.7. The first-order valence-electron chi connectivity index (χ1n) is 6.94. The van der Waals surface area contributed by atoms with Crippen LogP contribution in [0, 0.1) is 0 Å². The zero-order chi connectivity index (χ0) is 14.8. The van der Waals surface area contributed by atoms with Crippen molar-refractivity contribution in [1.82, 2.24) is 4.90 Å². The number of thiophene rings is 1. The molecule has 0 unspecified atom stereocenters. The summed E-state index contributed by atoms with van der Waals surface area (Å²) in [5.74, 6) is 0.639. The molecule has 0 radical (unpaired) electrons. The number of hydrogen-bond acceptors (Lipinski definition) is 4. The van der Waals surface area contributed by atoms with Crippen molar-refractivity contribution >= 4 is 22.9 Å². The molecule has 21 heavy (non-hydrogen) atoms. The maximum absolute atomic E-state index is 12.7. The zero-order valence-electron chi connectivity index (χ0n) is 11.9. The van der Waals surface area contributed by atoms with Gasteiger partial charge >= 0.3 is 0 Å². The minimum absolute atomic E-state index is 0.0399. The van der Waals surface area contributed by atoms with Crippen molar-refractivity contribution in [3.8, 4) is 5.75 Å². The molecular formula is C16H18N2O2S. The molecule has 110 valence electrons. The standard InChI is InChI=1S/C16H18N2O2S/c1-20-15-5-2-12(8-14(15)17)16(19)18(13-3-4-13)9-11-6-7-21-10-11/h2,5-8,10,13H,3-4,9,17H2,1H3. The Balaban J connectivity index is 1.82. The van der Waals surface area contributed by atoms with Crippen LogP contribution in [0.25, 0.3) is 0 Å². The van der Waals surface area contributed by atoms with Gasteiger partial charge in [-0.2, -0.15) is 11.3 Å². The largest absolute Gasteiger partial charge is 0.495 e. The molecule has 1 heterocycles. The van der Waals surface area contributed by atoms with Crippen LogP contribution in [0.5, 0.6) is 5.75 Å². The van der Waals surface area contributed by atoms with E-state index < -0.39 is 0 Å². The summed E-state index contributed by atoms with van der Waals surface area (Å²) in [5, 5.41) is 4.13. The van der Waals surface area contributed by atoms with E-state index in [1.165, 1.54) is 5.56 Å². The van der Waals surface area contributed by atoms with Crippen molar-refractivity contribution < 1.29 is 9.53 Å². The van der Waals surface area contributed by atoms with Crippen molar-refractivity contribution in [3.05, 3.63) is 46.2 Å². The Morgan fingerprint density at radius 2 is 2.24 bits per heavy atom. The lowest BCUT2D eigenvalue weighted by Gasteiger charge is -2.22. The average Bonchev–Trinajstić information content (AvgIpc) is 3.20. The second kappa shape index (κ2) is 5.77. The van der Waals surface area contributed by atoms with Gasteiger partial charge in [0.15, 0.2) is 0 Å². The van der Waals surface area contributed by atoms with Crippen molar-refractivity contribution in [2.24, 2.45) is 0 Å². The van der Waals surface area contributed by atoms with Gasteiger partial charge in [0, 0.05) is 18.2 Å². The second-order valence-electron chi connectivity index (χ2n) is 5.25. The van der Waals surface area contributed by atoms with Gasteiger partial charge in [0.1, 0.15) is 5.75 Å². The Labute approximate surface area is 128 Å². The Morgan fingerprint density at radius 3 is 2.81 bits per heavy atom. The average molecular weight is 302 g/mol. The summed E-state index contributed by atoms with van der Waals surface area (Å²) in [7, 11) is 1.57. The lowest BCUT2D eigenvalue weighted by molar-refractivity contribution is 0.0730. The third-order valence-electron chi connectivity index (χ3n) is 3.66. The van der Waals surface area contributed by atoms with Gasteiger partial charge in [-0.05, 0) is 53.4 Å². The lowest BCUT2D eigenvalue weighted by atomic mass is 10.1. The molecule has 4 nitrogen and oxygen atoms in total. The maximum Gasteiger partial charge on any atom is 0.254 e. The molecule has 1 aromatic carbocycles. The zero-order valence-corrected chi connectivity index (χ0v) is 12.7. The van der Waals surface area contributed by atoms with E-state index in [1.807, 2.05) is 10.3 Å². The molecular weight excluding hydrogens is 284 g/mol. The molecule has 2 N–H and O–H groups in total. The molecule has 0 atom stereocenters. The summed E-state index contributed by atoms with van der Waals surface area (Å²) in [6.07, 6.45) is 2.17. The Kier molecular flexibility index (Phi) is 3.84. The van der Waals surface area contributed by atoms with Crippen LogP contribution in [0.2, 0.25) is 0 Å². The first-order valence-corrected chi connectivity index (χ1v) is 7.89. The molecule has 3 rings (SSSR count). The molecule has 5 heteroatoms. The highest BCUT2D eigenvalue weighted by Crippen LogP contribution is 2.31. The van der Waals surface area contributed by atoms with Crippen molar-refractivity contribution in [2.45, 2.75) is 25.4 Å². The smallest absolute Gasteiger partial charge is 0.254 e. The predicted molar refractivity (Wildman–Crippen MR) is 84.6 cm³/mol. The normalized spacial score (nSPS) is 14.0. The van der Waals surface area contributed by atoms with E-state index in [1.54, 1.807) is 36.6 Å². The molecule has 0 spiro atoms. The number of methoxy groups -OCH3 is 1. The van der Waals surface area contributed by atoms with Crippen molar-refractivity contribution in [2.75, 3.05) is 12.8 Å². The third kappa shape index (κ3) is 3.03. The van der Waals surface area contributed by atoms with Crippen LogP contribution in [0.15, 0.2) is 35.0 Å². The van der Waals surface area contributed by atoms with Crippen LogP contribution in [0.4, 0.5) is 5.69 Å². The highest BCUT2D eigenvalue weighted by atomic mass is 32.1. The molecule has 1 aromatic heterocycles. The molecule has 1 aliphatic carbocycles. The predicted octanol–water partition coefficient (Wildman–Crippen LogP) is 3.14. The van der Waals surface area contributed by atoms with Gasteiger partial charge in [0.05, 0.1) is 12.8 Å². The number of benzene rings is 1. The van der Waals surface area contributed by atoms with E-state index >= 15 is 0 Å². The number of carbonyl (C=O) groups is 1. The number of ether oxygens (including phenoxy) is 1. The van der Waals surface area contributed by atoms with Crippen LogP contribution in [-0.4, -0.2) is 24.0 Å². The molecule has 1 aliphatic rings. The van der Waals surface area contributed by atoms with E-state index in [0.717, 1.165) is 12.8 Å². The van der Waals surface area contributed by atoms with Crippen LogP contribution in [0.1, 0.15) is 28.8 Å². The summed E-state index contributed by atoms with van der Waals surface area (Å²) in [5.41, 5.74) is 8.20. The monoisotopic (exact) mass is 302 g/mol. The molecule has 0 bridgehead atoms. The molecule has 1 saturated carbocycles. The quantitative estimate of drug-likeness (QED) is 0.863. The number of hydrogen-bond donors (Lipinski definition) is 1. The molecule has 1 fully saturated rings. The van der Waals surface area contributed by atoms with Crippen LogP contribution < -0.4 is 10.5 Å². The number of amides is 1. The second-order valence-corrected chi connectivity index (χ2v) is 6.03. The number of nitrogen functional groups attached to an aromatic ring is 1. The Hall–Kier alpha value is -2.01. The van der Waals surface area contributed by atoms with Gasteiger partial charge in [-0.3, -0.25) is 4.79 Å². The summed E-state index contributed by atoms with van der Waals surface area (Å²) >= 11 is 1.65. The van der Waals surface area contributed by atoms with E-state index in [-0.39, 0.29) is 5.91 Å². The van der Waals surface area contributed by atoms with E-state index in [2.05, 4.69) is 11.4 Å². The number of anilines is 1. The first-order chi connectivity index (χ1) is 10.2. The minimum Gasteiger partial charge on any atom is -0.495 e. The summed E-state index contributed by atoms with van der Waals surface area (Å²) in [4.78, 5) is 14.7. The molecule has 2 aromatic rings. The number of rotatable bonds is 5. The van der Waals surface area contributed by atoms with Gasteiger partial charge in [-0.1, -0.05) is 0 Å². The summed E-state index contributed by atoms with van der Waals surface area (Å²) in [6, 6.07) is 7.65. The number of carbonyl (C=O) groups excluding carboxylic acids is 1. The van der Waals surface area contributed by atoms with Gasteiger partial charge in [0.25, 0.3) is 5.91 Å². The topological polar surface area (TPSA) is 55.6 Å². The molecule has 1 amide bonds. The van der Waals surface area contributed by atoms with Crippen LogP contribution >= 0.6 is 11.3 Å². The SMILES string of the molecule is COc1ccc(C(=O)N(Cc2ccsc2)C2CC2)cc1N. The highest BCUT2D eigenvalue weighted by molar-refractivity contribution is 7.07. The van der Waals surface area contributed by atoms with Gasteiger partial charge in [-0.15, -0.1) is 0 Å². The molecule has 0 aliphatic heterocycles. The Morgan fingerprint density at radius 1 is 1.43 bits per heavy atom. The fourth-order valence-corrected chi connectivity index (χ4v) is 3.03. The highest BCUT2D eigenvalue weighted by Gasteiger charge is 2.33. The third-order valence-corrected chi connectivity index (χ3v) is 4.39.